The zero-order chi connectivity index (χ0) is 34.4. The van der Waals surface area contributed by atoms with E-state index in [0.29, 0.717) is 0 Å². The number of para-hydroxylation sites is 5. The highest BCUT2D eigenvalue weighted by molar-refractivity contribution is 7.01. The number of hydrogen-bond donors (Lipinski definition) is 0. The van der Waals surface area contributed by atoms with Crippen LogP contribution in [0.25, 0.3) is 88.1 Å². The Kier molecular flexibility index (Phi) is 5.16. The van der Waals surface area contributed by atoms with Gasteiger partial charge in [-0.2, -0.15) is 0 Å². The molecule has 0 saturated heterocycles. The van der Waals surface area contributed by atoms with Crippen LogP contribution in [-0.4, -0.2) is 6.71 Å². The van der Waals surface area contributed by atoms with Crippen molar-refractivity contribution in [2.45, 2.75) is 0 Å². The van der Waals surface area contributed by atoms with Crippen LogP contribution in [0.4, 0.5) is 17.1 Å². The predicted molar refractivity (Wildman–Crippen MR) is 218 cm³/mol. The summed E-state index contributed by atoms with van der Waals surface area (Å²) in [5.41, 5.74) is 16.9. The number of furan rings is 3. The van der Waals surface area contributed by atoms with E-state index in [-0.39, 0.29) is 6.71 Å². The average molecular weight is 676 g/mol. The number of benzene rings is 8. The van der Waals surface area contributed by atoms with Gasteiger partial charge in [-0.1, -0.05) is 127 Å². The van der Waals surface area contributed by atoms with Gasteiger partial charge in [0.1, 0.15) is 22.3 Å². The Bertz CT molecular complexity index is 3380. The molecule has 0 amide bonds. The molecule has 2 aliphatic heterocycles. The van der Waals surface area contributed by atoms with Crippen LogP contribution < -0.4 is 21.3 Å². The van der Waals surface area contributed by atoms with Crippen molar-refractivity contribution in [3.8, 4) is 22.3 Å². The molecule has 13 rings (SSSR count). The molecule has 0 N–H and O–H groups in total. The van der Waals surface area contributed by atoms with E-state index in [4.69, 9.17) is 13.3 Å². The van der Waals surface area contributed by atoms with Crippen LogP contribution in [0, 0.1) is 0 Å². The minimum atomic E-state index is 0.0333. The SMILES string of the molecule is c1ccc2c(c1)B1c3ccc4c(oc5ccccc54)c3N(c3cccc4c3oc3ccccc34)c3cc(-c4cccc5c4oc4ccccc45)cc-2c31. The van der Waals surface area contributed by atoms with Gasteiger partial charge in [0, 0.05) is 43.6 Å². The van der Waals surface area contributed by atoms with Crippen molar-refractivity contribution in [2.75, 3.05) is 4.90 Å². The van der Waals surface area contributed by atoms with E-state index < -0.39 is 0 Å². The van der Waals surface area contributed by atoms with Gasteiger partial charge in [0.25, 0.3) is 0 Å². The molecule has 0 saturated carbocycles. The first-order valence-corrected chi connectivity index (χ1v) is 18.1. The second-order valence-corrected chi connectivity index (χ2v) is 14.3. The minimum absolute atomic E-state index is 0.0333. The summed E-state index contributed by atoms with van der Waals surface area (Å²) in [7, 11) is 0. The van der Waals surface area contributed by atoms with Crippen LogP contribution in [0.3, 0.4) is 0 Å². The molecule has 11 aromatic rings. The quantitative estimate of drug-likeness (QED) is 0.171. The molecule has 5 heterocycles. The monoisotopic (exact) mass is 675 g/mol. The zero-order valence-electron chi connectivity index (χ0n) is 28.3. The predicted octanol–water partition coefficient (Wildman–Crippen LogP) is 11.3. The molecule has 5 heteroatoms. The van der Waals surface area contributed by atoms with E-state index in [9.17, 15) is 0 Å². The third kappa shape index (κ3) is 3.51. The standard InChI is InChI=1S/C48H26BNO3/c1-5-18-37-29(11-1)36-25-27(28-15-9-16-33-30-12-2-6-20-41(30)51-46(28)33)26-40-44(36)49(37)38-24-23-35-32-14-4-8-22-43(32)53-48(35)45(38)50(40)39-19-10-17-34-31-13-3-7-21-42(31)52-47(34)39/h1-26H. The van der Waals surface area contributed by atoms with Crippen molar-refractivity contribution >= 4 is 106 Å². The summed E-state index contributed by atoms with van der Waals surface area (Å²) < 4.78 is 20.3. The van der Waals surface area contributed by atoms with Gasteiger partial charge in [0.15, 0.2) is 11.2 Å². The summed E-state index contributed by atoms with van der Waals surface area (Å²) in [4.78, 5) is 2.42. The Hall–Kier alpha value is -6.98. The molecule has 8 aromatic carbocycles. The summed E-state index contributed by atoms with van der Waals surface area (Å²) in [6.45, 7) is 0.0333. The summed E-state index contributed by atoms with van der Waals surface area (Å²) in [5, 5.41) is 6.63. The lowest BCUT2D eigenvalue weighted by Crippen LogP contribution is -2.54. The maximum Gasteiger partial charge on any atom is 0.248 e. The second-order valence-electron chi connectivity index (χ2n) is 14.3. The first-order chi connectivity index (χ1) is 26.3. The Morgan fingerprint density at radius 3 is 1.70 bits per heavy atom. The van der Waals surface area contributed by atoms with Crippen LogP contribution in [0.2, 0.25) is 0 Å². The molecule has 244 valence electrons. The van der Waals surface area contributed by atoms with E-state index in [1.165, 1.54) is 27.5 Å². The highest BCUT2D eigenvalue weighted by Gasteiger charge is 2.44. The molecule has 0 atom stereocenters. The van der Waals surface area contributed by atoms with E-state index in [1.807, 2.05) is 18.2 Å². The highest BCUT2D eigenvalue weighted by Crippen LogP contribution is 2.50. The van der Waals surface area contributed by atoms with Gasteiger partial charge in [-0.25, -0.2) is 0 Å². The summed E-state index contributed by atoms with van der Waals surface area (Å²) in [6, 6.07) is 56.2. The van der Waals surface area contributed by atoms with Gasteiger partial charge < -0.3 is 18.2 Å². The number of anilines is 3. The Balaban J connectivity index is 1.20. The Morgan fingerprint density at radius 1 is 0.377 bits per heavy atom. The van der Waals surface area contributed by atoms with Crippen molar-refractivity contribution in [3.05, 3.63) is 158 Å². The maximum atomic E-state index is 6.91. The normalized spacial score (nSPS) is 13.2. The molecule has 4 nitrogen and oxygen atoms in total. The first kappa shape index (κ1) is 27.7. The lowest BCUT2D eigenvalue weighted by molar-refractivity contribution is 0.666. The Morgan fingerprint density at radius 2 is 0.943 bits per heavy atom. The third-order valence-corrected chi connectivity index (χ3v) is 11.7. The van der Waals surface area contributed by atoms with Crippen LogP contribution in [0.5, 0.6) is 0 Å². The summed E-state index contributed by atoms with van der Waals surface area (Å²) in [6.07, 6.45) is 0. The fraction of sp³-hybridized carbons (Fsp3) is 0. The van der Waals surface area contributed by atoms with Crippen molar-refractivity contribution in [2.24, 2.45) is 0 Å². The van der Waals surface area contributed by atoms with Gasteiger partial charge >= 0.3 is 0 Å². The number of nitrogens with zero attached hydrogens (tertiary/aromatic N) is 1. The minimum Gasteiger partial charge on any atom is -0.455 e. The Labute approximate surface area is 303 Å². The zero-order valence-corrected chi connectivity index (χ0v) is 28.3. The van der Waals surface area contributed by atoms with E-state index in [2.05, 4.69) is 144 Å². The lowest BCUT2D eigenvalue weighted by atomic mass is 9.37. The molecule has 0 bridgehead atoms. The van der Waals surface area contributed by atoms with Gasteiger partial charge in [-0.15, -0.1) is 0 Å². The number of rotatable bonds is 2. The van der Waals surface area contributed by atoms with E-state index in [1.54, 1.807) is 0 Å². The van der Waals surface area contributed by atoms with Crippen molar-refractivity contribution in [1.82, 2.24) is 0 Å². The fourth-order valence-corrected chi connectivity index (χ4v) is 9.48. The molecule has 0 fully saturated rings. The fourth-order valence-electron chi connectivity index (χ4n) is 9.48. The van der Waals surface area contributed by atoms with Crippen LogP contribution >= 0.6 is 0 Å². The topological polar surface area (TPSA) is 42.7 Å². The molecule has 0 radical (unpaired) electrons. The second kappa shape index (κ2) is 9.87. The van der Waals surface area contributed by atoms with E-state index in [0.717, 1.165) is 94.0 Å². The largest absolute Gasteiger partial charge is 0.455 e. The summed E-state index contributed by atoms with van der Waals surface area (Å²) >= 11 is 0. The van der Waals surface area contributed by atoms with Gasteiger partial charge in [0.2, 0.25) is 6.71 Å². The van der Waals surface area contributed by atoms with Crippen molar-refractivity contribution in [1.29, 1.82) is 0 Å². The average Bonchev–Trinajstić information content (AvgIpc) is 3.97. The molecule has 0 unspecified atom stereocenters. The molecule has 0 spiro atoms. The maximum absolute atomic E-state index is 6.91. The van der Waals surface area contributed by atoms with Gasteiger partial charge in [0.05, 0.1) is 11.4 Å². The first-order valence-electron chi connectivity index (χ1n) is 18.1. The van der Waals surface area contributed by atoms with Crippen molar-refractivity contribution in [3.63, 3.8) is 0 Å². The lowest BCUT2D eigenvalue weighted by Gasteiger charge is -2.36. The van der Waals surface area contributed by atoms with Crippen LogP contribution in [0.15, 0.2) is 171 Å². The molecule has 53 heavy (non-hydrogen) atoms. The summed E-state index contributed by atoms with van der Waals surface area (Å²) in [5.74, 6) is 0. The number of hydrogen-bond acceptors (Lipinski definition) is 4. The van der Waals surface area contributed by atoms with Crippen LogP contribution in [-0.2, 0) is 0 Å². The van der Waals surface area contributed by atoms with E-state index >= 15 is 0 Å². The highest BCUT2D eigenvalue weighted by atomic mass is 16.3. The molecule has 2 aliphatic rings. The van der Waals surface area contributed by atoms with Gasteiger partial charge in [-0.3, -0.25) is 0 Å². The molecule has 3 aromatic heterocycles. The molecular weight excluding hydrogens is 649 g/mol. The van der Waals surface area contributed by atoms with Gasteiger partial charge in [-0.05, 0) is 64.0 Å². The third-order valence-electron chi connectivity index (χ3n) is 11.7. The van der Waals surface area contributed by atoms with Crippen LogP contribution in [0.1, 0.15) is 0 Å². The molecule has 0 aliphatic carbocycles. The number of fused-ring (bicyclic) bond motifs is 15. The molecular formula is C48H26BNO3. The smallest absolute Gasteiger partial charge is 0.248 e. The van der Waals surface area contributed by atoms with Crippen molar-refractivity contribution < 1.29 is 13.3 Å².